The van der Waals surface area contributed by atoms with Crippen LogP contribution in [-0.4, -0.2) is 20.0 Å². The smallest absolute Gasteiger partial charge is 0.242 e. The molecule has 5 nitrogen and oxygen atoms in total. The molecule has 0 radical (unpaired) electrons. The first-order chi connectivity index (χ1) is 10.6. The van der Waals surface area contributed by atoms with Crippen LogP contribution in [-0.2, 0) is 10.0 Å². The summed E-state index contributed by atoms with van der Waals surface area (Å²) < 4.78 is 46.3. The van der Waals surface area contributed by atoms with Gasteiger partial charge in [0.15, 0.2) is 0 Å². The van der Waals surface area contributed by atoms with Crippen LogP contribution in [0, 0.1) is 5.82 Å². The summed E-state index contributed by atoms with van der Waals surface area (Å²) in [5.74, 6) is -0.0223. The minimum Gasteiger partial charge on any atom is -0.493 e. The first-order valence-corrected chi connectivity index (χ1v) is 8.39. The molecular weight excluding hydrogens is 307 g/mol. The Morgan fingerprint density at radius 2 is 2.18 bits per heavy atom. The number of hydrogen-bond donors (Lipinski definition) is 1. The number of hydrogen-bond acceptors (Lipinski definition) is 4. The van der Waals surface area contributed by atoms with Crippen molar-refractivity contribution >= 4 is 10.0 Å². The Labute approximate surface area is 128 Å². The molecule has 0 amide bonds. The van der Waals surface area contributed by atoms with Crippen molar-refractivity contribution in [3.63, 3.8) is 0 Å². The molecule has 3 rings (SSSR count). The van der Waals surface area contributed by atoms with E-state index in [1.807, 2.05) is 0 Å². The third kappa shape index (κ3) is 3.10. The fourth-order valence-corrected chi connectivity index (χ4v) is 3.64. The Balaban J connectivity index is 1.93. The molecular formula is C15H15FN2O3S. The highest BCUT2D eigenvalue weighted by Gasteiger charge is 2.26. The van der Waals surface area contributed by atoms with Crippen LogP contribution in [0.1, 0.15) is 24.4 Å². The van der Waals surface area contributed by atoms with Gasteiger partial charge in [-0.15, -0.1) is 0 Å². The summed E-state index contributed by atoms with van der Waals surface area (Å²) in [6.45, 7) is 0.432. The third-order valence-corrected chi connectivity index (χ3v) is 4.94. The van der Waals surface area contributed by atoms with Gasteiger partial charge in [-0.1, -0.05) is 6.07 Å². The van der Waals surface area contributed by atoms with Gasteiger partial charge in [0.1, 0.15) is 16.5 Å². The fraction of sp³-hybridized carbons (Fsp3) is 0.267. The van der Waals surface area contributed by atoms with Crippen LogP contribution in [0.15, 0.2) is 47.6 Å². The summed E-state index contributed by atoms with van der Waals surface area (Å²) in [5, 5.41) is 0. The average Bonchev–Trinajstić information content (AvgIpc) is 2.70. The second-order valence-electron chi connectivity index (χ2n) is 5.04. The molecule has 7 heteroatoms. The van der Waals surface area contributed by atoms with E-state index in [2.05, 4.69) is 9.71 Å². The van der Waals surface area contributed by atoms with E-state index < -0.39 is 21.9 Å². The zero-order valence-electron chi connectivity index (χ0n) is 11.7. The van der Waals surface area contributed by atoms with Gasteiger partial charge in [-0.3, -0.25) is 4.98 Å². The highest BCUT2D eigenvalue weighted by atomic mass is 32.2. The predicted molar refractivity (Wildman–Crippen MR) is 78.4 cm³/mol. The van der Waals surface area contributed by atoms with E-state index in [1.165, 1.54) is 30.6 Å². The van der Waals surface area contributed by atoms with Gasteiger partial charge in [-0.25, -0.2) is 17.5 Å². The minimum atomic E-state index is -3.69. The summed E-state index contributed by atoms with van der Waals surface area (Å²) in [6.07, 6.45) is 4.06. The Morgan fingerprint density at radius 3 is 2.95 bits per heavy atom. The van der Waals surface area contributed by atoms with E-state index in [0.717, 1.165) is 0 Å². The maximum Gasteiger partial charge on any atom is 0.242 e. The lowest BCUT2D eigenvalue weighted by Gasteiger charge is -2.18. The van der Waals surface area contributed by atoms with Crippen molar-refractivity contribution in [2.75, 3.05) is 6.61 Å². The van der Waals surface area contributed by atoms with E-state index in [-0.39, 0.29) is 4.90 Å². The van der Waals surface area contributed by atoms with E-state index in [9.17, 15) is 12.8 Å². The van der Waals surface area contributed by atoms with Crippen LogP contribution in [0.25, 0.3) is 0 Å². The van der Waals surface area contributed by atoms with Gasteiger partial charge in [-0.2, -0.15) is 0 Å². The number of benzene rings is 1. The minimum absolute atomic E-state index is 0.101. The lowest BCUT2D eigenvalue weighted by Crippen LogP contribution is -2.28. The molecule has 1 N–H and O–H groups in total. The summed E-state index contributed by atoms with van der Waals surface area (Å²) in [5.41, 5.74) is 0.645. The zero-order chi connectivity index (χ0) is 15.6. The lowest BCUT2D eigenvalue weighted by molar-refractivity contribution is 0.314. The first kappa shape index (κ1) is 14.9. The number of nitrogens with one attached hydrogen (secondary N) is 1. The maximum absolute atomic E-state index is 13.3. The Hall–Kier alpha value is -1.99. The van der Waals surface area contributed by atoms with Crippen LogP contribution >= 0.6 is 0 Å². The Kier molecular flexibility index (Phi) is 4.08. The normalized spacial score (nSPS) is 18.1. The first-order valence-electron chi connectivity index (χ1n) is 6.91. The largest absolute Gasteiger partial charge is 0.493 e. The molecule has 2 heterocycles. The molecule has 116 valence electrons. The van der Waals surface area contributed by atoms with Crippen molar-refractivity contribution in [1.29, 1.82) is 0 Å². The molecule has 1 aliphatic rings. The molecule has 0 aliphatic carbocycles. The highest BCUT2D eigenvalue weighted by molar-refractivity contribution is 7.89. The predicted octanol–water partition coefficient (Wildman–Crippen LogP) is 2.41. The zero-order valence-corrected chi connectivity index (χ0v) is 12.5. The maximum atomic E-state index is 13.3. The standard InChI is InChI=1S/C15H15FN2O3S/c16-11-5-6-13-14(4-2-8-21-15(13)9-11)18-22(19,20)12-3-1-7-17-10-12/h1,3,5-7,9-10,14,18H,2,4,8H2. The van der Waals surface area contributed by atoms with Crippen LogP contribution in [0.5, 0.6) is 5.75 Å². The lowest BCUT2D eigenvalue weighted by atomic mass is 10.0. The molecule has 0 bridgehead atoms. The van der Waals surface area contributed by atoms with Gasteiger partial charge in [-0.05, 0) is 31.0 Å². The van der Waals surface area contributed by atoms with Crippen molar-refractivity contribution in [2.45, 2.75) is 23.8 Å². The highest BCUT2D eigenvalue weighted by Crippen LogP contribution is 2.33. The van der Waals surface area contributed by atoms with Gasteiger partial charge >= 0.3 is 0 Å². The van der Waals surface area contributed by atoms with E-state index >= 15 is 0 Å². The third-order valence-electron chi connectivity index (χ3n) is 3.49. The summed E-state index contributed by atoms with van der Waals surface area (Å²) >= 11 is 0. The average molecular weight is 322 g/mol. The molecule has 0 fully saturated rings. The van der Waals surface area contributed by atoms with Crippen molar-refractivity contribution in [2.24, 2.45) is 0 Å². The van der Waals surface area contributed by atoms with Crippen molar-refractivity contribution < 1.29 is 17.5 Å². The molecule has 2 aromatic rings. The molecule has 1 unspecified atom stereocenters. The number of nitrogens with zero attached hydrogens (tertiary/aromatic N) is 1. The van der Waals surface area contributed by atoms with E-state index in [1.54, 1.807) is 12.1 Å². The second kappa shape index (κ2) is 6.02. The van der Waals surface area contributed by atoms with Gasteiger partial charge in [0.05, 0.1) is 12.6 Å². The monoisotopic (exact) mass is 322 g/mol. The molecule has 1 atom stereocenters. The van der Waals surface area contributed by atoms with Crippen LogP contribution in [0.2, 0.25) is 0 Å². The van der Waals surface area contributed by atoms with Crippen molar-refractivity contribution in [1.82, 2.24) is 9.71 Å². The van der Waals surface area contributed by atoms with Gasteiger partial charge in [0.2, 0.25) is 10.0 Å². The quantitative estimate of drug-likeness (QED) is 0.942. The van der Waals surface area contributed by atoms with Gasteiger partial charge < -0.3 is 4.74 Å². The summed E-state index contributed by atoms with van der Waals surface area (Å²) in [7, 11) is -3.69. The fourth-order valence-electron chi connectivity index (χ4n) is 2.43. The SMILES string of the molecule is O=S(=O)(NC1CCCOc2cc(F)ccc21)c1cccnc1. The van der Waals surface area contributed by atoms with Crippen LogP contribution in [0.3, 0.4) is 0 Å². The van der Waals surface area contributed by atoms with E-state index in [0.29, 0.717) is 30.8 Å². The number of pyridine rings is 1. The van der Waals surface area contributed by atoms with Gasteiger partial charge in [0.25, 0.3) is 0 Å². The topological polar surface area (TPSA) is 68.3 Å². The molecule has 0 spiro atoms. The second-order valence-corrected chi connectivity index (χ2v) is 6.75. The van der Waals surface area contributed by atoms with Crippen molar-refractivity contribution in [3.8, 4) is 5.75 Å². The number of ether oxygens (including phenoxy) is 1. The van der Waals surface area contributed by atoms with Crippen molar-refractivity contribution in [3.05, 3.63) is 54.1 Å². The Bertz CT molecular complexity index is 766. The van der Waals surface area contributed by atoms with Crippen LogP contribution < -0.4 is 9.46 Å². The molecule has 1 aromatic carbocycles. The van der Waals surface area contributed by atoms with Crippen LogP contribution in [0.4, 0.5) is 4.39 Å². The summed E-state index contributed by atoms with van der Waals surface area (Å²) in [4.78, 5) is 3.93. The number of rotatable bonds is 3. The summed E-state index contributed by atoms with van der Waals surface area (Å²) in [6, 6.07) is 6.74. The number of sulfonamides is 1. The Morgan fingerprint density at radius 1 is 1.32 bits per heavy atom. The molecule has 1 aliphatic heterocycles. The molecule has 0 saturated heterocycles. The number of fused-ring (bicyclic) bond motifs is 1. The van der Waals surface area contributed by atoms with E-state index in [4.69, 9.17) is 4.74 Å². The molecule has 22 heavy (non-hydrogen) atoms. The van der Waals surface area contributed by atoms with Gasteiger partial charge in [0, 0.05) is 24.0 Å². The number of aromatic nitrogens is 1. The molecule has 0 saturated carbocycles. The number of halogens is 1. The molecule has 1 aromatic heterocycles.